The maximum atomic E-state index is 12.8. The first kappa shape index (κ1) is 15.9. The third-order valence-corrected chi connectivity index (χ3v) is 4.56. The Hall–Kier alpha value is -1.46. The molecule has 2 aromatic rings. The second kappa shape index (κ2) is 6.54. The molecule has 0 aliphatic carbocycles. The van der Waals surface area contributed by atoms with Crippen molar-refractivity contribution in [3.05, 3.63) is 45.7 Å². The first-order chi connectivity index (χ1) is 9.90. The Bertz CT molecular complexity index is 587. The molecule has 0 amide bonds. The molecule has 0 unspecified atom stereocenters. The molecule has 0 bridgehead atoms. The van der Waals surface area contributed by atoms with Gasteiger partial charge in [-0.15, -0.1) is 11.3 Å². The Labute approximate surface area is 129 Å². The van der Waals surface area contributed by atoms with Crippen LogP contribution >= 0.6 is 11.3 Å². The largest absolute Gasteiger partial charge is 0.493 e. The molecule has 2 N–H and O–H groups in total. The smallest absolute Gasteiger partial charge is 0.123 e. The van der Waals surface area contributed by atoms with Gasteiger partial charge in [0.25, 0.3) is 0 Å². The van der Waals surface area contributed by atoms with Crippen LogP contribution in [0.3, 0.4) is 0 Å². The van der Waals surface area contributed by atoms with Crippen LogP contribution in [-0.4, -0.2) is 11.6 Å². The minimum absolute atomic E-state index is 0.260. The molecule has 0 atom stereocenters. The van der Waals surface area contributed by atoms with E-state index in [1.54, 1.807) is 23.5 Å². The monoisotopic (exact) mass is 308 g/mol. The molecule has 0 fully saturated rings. The second-order valence-electron chi connectivity index (χ2n) is 5.51. The van der Waals surface area contributed by atoms with E-state index in [0.717, 1.165) is 28.4 Å². The van der Waals surface area contributed by atoms with Crippen LogP contribution in [0.5, 0.6) is 5.75 Å². The van der Waals surface area contributed by atoms with Crippen LogP contribution in [0.25, 0.3) is 0 Å². The molecule has 2 rings (SSSR count). The molecule has 1 aromatic carbocycles. The van der Waals surface area contributed by atoms with Crippen molar-refractivity contribution in [2.45, 2.75) is 39.2 Å². The van der Waals surface area contributed by atoms with Crippen molar-refractivity contribution in [3.63, 3.8) is 0 Å². The fourth-order valence-corrected chi connectivity index (χ4v) is 3.19. The number of nitrogens with zero attached hydrogens (tertiary/aromatic N) is 1. The number of hydrogen-bond acceptors (Lipinski definition) is 4. The first-order valence-electron chi connectivity index (χ1n) is 7.06. The summed E-state index contributed by atoms with van der Waals surface area (Å²) in [6, 6.07) is 6.04. The van der Waals surface area contributed by atoms with E-state index in [9.17, 15) is 4.39 Å². The number of ether oxygens (including phenoxy) is 1. The maximum Gasteiger partial charge on any atom is 0.123 e. The number of nitrogens with two attached hydrogens (primary N) is 1. The highest BCUT2D eigenvalue weighted by Gasteiger charge is 2.22. The minimum Gasteiger partial charge on any atom is -0.493 e. The average molecular weight is 308 g/mol. The molecule has 1 aromatic heterocycles. The predicted molar refractivity (Wildman–Crippen MR) is 84.3 cm³/mol. The number of rotatable bonds is 6. The van der Waals surface area contributed by atoms with Crippen molar-refractivity contribution < 1.29 is 9.13 Å². The maximum absolute atomic E-state index is 12.8. The van der Waals surface area contributed by atoms with Gasteiger partial charge in [0.2, 0.25) is 0 Å². The summed E-state index contributed by atoms with van der Waals surface area (Å²) in [5.41, 5.74) is 6.90. The van der Waals surface area contributed by atoms with Crippen molar-refractivity contribution in [1.29, 1.82) is 0 Å². The van der Waals surface area contributed by atoms with E-state index in [-0.39, 0.29) is 11.4 Å². The Morgan fingerprint density at radius 2 is 1.95 bits per heavy atom. The van der Waals surface area contributed by atoms with Crippen LogP contribution in [0, 0.1) is 5.82 Å². The lowest BCUT2D eigenvalue weighted by Gasteiger charge is -2.17. The number of benzene rings is 1. The van der Waals surface area contributed by atoms with Crippen LogP contribution in [0.4, 0.5) is 4.39 Å². The van der Waals surface area contributed by atoms with Crippen LogP contribution in [0.15, 0.2) is 24.3 Å². The van der Waals surface area contributed by atoms with E-state index in [4.69, 9.17) is 10.5 Å². The summed E-state index contributed by atoms with van der Waals surface area (Å²) in [5.74, 6) is 0.410. The van der Waals surface area contributed by atoms with Gasteiger partial charge in [-0.3, -0.25) is 0 Å². The molecule has 21 heavy (non-hydrogen) atoms. The zero-order valence-corrected chi connectivity index (χ0v) is 13.5. The summed E-state index contributed by atoms with van der Waals surface area (Å²) in [5, 5.41) is 1.03. The van der Waals surface area contributed by atoms with E-state index < -0.39 is 0 Å². The van der Waals surface area contributed by atoms with Crippen molar-refractivity contribution in [2.24, 2.45) is 5.73 Å². The lowest BCUT2D eigenvalue weighted by Crippen LogP contribution is -2.28. The van der Waals surface area contributed by atoms with Gasteiger partial charge in [0.1, 0.15) is 11.6 Å². The summed E-state index contributed by atoms with van der Waals surface area (Å²) in [4.78, 5) is 5.78. The standard InChI is InChI=1S/C16H21FN2OS/c1-4-13-15(16(2,3)18)21-14(19-13)9-10-20-12-7-5-11(17)6-8-12/h5-8H,4,9-10,18H2,1-3H3. The molecule has 1 heterocycles. The van der Waals surface area contributed by atoms with Gasteiger partial charge in [-0.1, -0.05) is 6.92 Å². The zero-order valence-electron chi connectivity index (χ0n) is 12.6. The number of aromatic nitrogens is 1. The van der Waals surface area contributed by atoms with Crippen LogP contribution in [-0.2, 0) is 18.4 Å². The van der Waals surface area contributed by atoms with E-state index in [1.807, 2.05) is 13.8 Å². The van der Waals surface area contributed by atoms with Crippen LogP contribution < -0.4 is 10.5 Å². The molecule has 114 valence electrons. The average Bonchev–Trinajstić information content (AvgIpc) is 2.84. The van der Waals surface area contributed by atoms with Gasteiger partial charge in [0, 0.05) is 16.8 Å². The van der Waals surface area contributed by atoms with Crippen molar-refractivity contribution in [2.75, 3.05) is 6.61 Å². The molecule has 0 saturated carbocycles. The Morgan fingerprint density at radius 3 is 2.48 bits per heavy atom. The van der Waals surface area contributed by atoms with Gasteiger partial charge >= 0.3 is 0 Å². The molecule has 3 nitrogen and oxygen atoms in total. The molecule has 0 aliphatic rings. The molecule has 5 heteroatoms. The van der Waals surface area contributed by atoms with Gasteiger partial charge < -0.3 is 10.5 Å². The zero-order chi connectivity index (χ0) is 15.5. The Morgan fingerprint density at radius 1 is 1.29 bits per heavy atom. The van der Waals surface area contributed by atoms with E-state index in [1.165, 1.54) is 12.1 Å². The molecular weight excluding hydrogens is 287 g/mol. The number of aryl methyl sites for hydroxylation is 1. The van der Waals surface area contributed by atoms with Gasteiger partial charge in [-0.05, 0) is 44.5 Å². The number of thiazole rings is 1. The van der Waals surface area contributed by atoms with Crippen molar-refractivity contribution >= 4 is 11.3 Å². The minimum atomic E-state index is -0.362. The lowest BCUT2D eigenvalue weighted by atomic mass is 10.0. The highest BCUT2D eigenvalue weighted by atomic mass is 32.1. The molecule has 0 saturated heterocycles. The summed E-state index contributed by atoms with van der Waals surface area (Å²) < 4.78 is 18.4. The van der Waals surface area contributed by atoms with Gasteiger partial charge in [-0.2, -0.15) is 0 Å². The SMILES string of the molecule is CCc1nc(CCOc2ccc(F)cc2)sc1C(C)(C)N. The normalized spacial score (nSPS) is 11.7. The Balaban J connectivity index is 1.97. The molecule has 0 aliphatic heterocycles. The van der Waals surface area contributed by atoms with Crippen molar-refractivity contribution in [1.82, 2.24) is 4.98 Å². The highest BCUT2D eigenvalue weighted by Crippen LogP contribution is 2.29. The second-order valence-corrected chi connectivity index (χ2v) is 6.59. The lowest BCUT2D eigenvalue weighted by molar-refractivity contribution is 0.321. The van der Waals surface area contributed by atoms with Crippen molar-refractivity contribution in [3.8, 4) is 5.75 Å². The van der Waals surface area contributed by atoms with Crippen LogP contribution in [0.2, 0.25) is 0 Å². The van der Waals surface area contributed by atoms with E-state index in [0.29, 0.717) is 12.4 Å². The van der Waals surface area contributed by atoms with Crippen LogP contribution in [0.1, 0.15) is 36.3 Å². The molecular formula is C16H21FN2OS. The topological polar surface area (TPSA) is 48.1 Å². The predicted octanol–water partition coefficient (Wildman–Crippen LogP) is 3.66. The van der Waals surface area contributed by atoms with Gasteiger partial charge in [0.05, 0.1) is 17.3 Å². The van der Waals surface area contributed by atoms with Gasteiger partial charge in [-0.25, -0.2) is 9.37 Å². The molecule has 0 spiro atoms. The number of halogens is 1. The summed E-state index contributed by atoms with van der Waals surface area (Å²) in [6.07, 6.45) is 1.61. The van der Waals surface area contributed by atoms with Gasteiger partial charge in [0.15, 0.2) is 0 Å². The Kier molecular flexibility index (Phi) is 4.96. The number of hydrogen-bond donors (Lipinski definition) is 1. The fraction of sp³-hybridized carbons (Fsp3) is 0.438. The third-order valence-electron chi connectivity index (χ3n) is 3.06. The quantitative estimate of drug-likeness (QED) is 0.886. The van der Waals surface area contributed by atoms with E-state index in [2.05, 4.69) is 11.9 Å². The summed E-state index contributed by atoms with van der Waals surface area (Å²) in [6.45, 7) is 6.60. The fourth-order valence-electron chi connectivity index (χ4n) is 2.04. The summed E-state index contributed by atoms with van der Waals surface area (Å²) in [7, 11) is 0. The van der Waals surface area contributed by atoms with E-state index >= 15 is 0 Å². The molecule has 0 radical (unpaired) electrons. The summed E-state index contributed by atoms with van der Waals surface area (Å²) >= 11 is 1.65. The highest BCUT2D eigenvalue weighted by molar-refractivity contribution is 7.11. The third kappa shape index (κ3) is 4.25. The first-order valence-corrected chi connectivity index (χ1v) is 7.88.